The molecule has 0 saturated carbocycles. The summed E-state index contributed by atoms with van der Waals surface area (Å²) in [6.45, 7) is 3.59. The van der Waals surface area contributed by atoms with Crippen molar-refractivity contribution in [3.05, 3.63) is 78.1 Å². The van der Waals surface area contributed by atoms with Crippen molar-refractivity contribution in [3.8, 4) is 5.75 Å². The van der Waals surface area contributed by atoms with Crippen molar-refractivity contribution in [2.75, 3.05) is 5.32 Å². The third-order valence-corrected chi connectivity index (χ3v) is 6.36. The van der Waals surface area contributed by atoms with E-state index in [2.05, 4.69) is 21.6 Å². The van der Waals surface area contributed by atoms with Crippen LogP contribution in [0.4, 0.5) is 5.69 Å². The summed E-state index contributed by atoms with van der Waals surface area (Å²) in [4.78, 5) is 24.0. The SMILES string of the molecule is CC(=O)c1ccc(NC(=O)C(C)Sc2nnc(COc3ccc4ccccc4c3)n2C)cc1. The average Bonchev–Trinajstić information content (AvgIpc) is 3.16. The van der Waals surface area contributed by atoms with Crippen molar-refractivity contribution in [3.63, 3.8) is 0 Å². The van der Waals surface area contributed by atoms with Gasteiger partial charge in [0.1, 0.15) is 12.4 Å². The van der Waals surface area contributed by atoms with Gasteiger partial charge in [-0.25, -0.2) is 0 Å². The van der Waals surface area contributed by atoms with Crippen LogP contribution >= 0.6 is 11.8 Å². The van der Waals surface area contributed by atoms with Crippen LogP contribution in [0.2, 0.25) is 0 Å². The smallest absolute Gasteiger partial charge is 0.237 e. The van der Waals surface area contributed by atoms with E-state index >= 15 is 0 Å². The number of carbonyl (C=O) groups is 2. The summed E-state index contributed by atoms with van der Waals surface area (Å²) in [5, 5.41) is 13.8. The maximum atomic E-state index is 12.6. The number of aromatic nitrogens is 3. The van der Waals surface area contributed by atoms with E-state index in [-0.39, 0.29) is 18.3 Å². The molecule has 1 N–H and O–H groups in total. The minimum absolute atomic E-state index is 0.0144. The van der Waals surface area contributed by atoms with Gasteiger partial charge in [0.25, 0.3) is 0 Å². The molecule has 3 aromatic carbocycles. The molecular formula is C25H24N4O3S. The number of benzene rings is 3. The van der Waals surface area contributed by atoms with Crippen molar-refractivity contribution in [1.82, 2.24) is 14.8 Å². The highest BCUT2D eigenvalue weighted by Crippen LogP contribution is 2.24. The second-order valence-electron chi connectivity index (χ2n) is 7.64. The molecule has 7 nitrogen and oxygen atoms in total. The van der Waals surface area contributed by atoms with Gasteiger partial charge in [-0.2, -0.15) is 0 Å². The van der Waals surface area contributed by atoms with E-state index < -0.39 is 5.25 Å². The van der Waals surface area contributed by atoms with E-state index in [0.717, 1.165) is 16.5 Å². The average molecular weight is 461 g/mol. The number of ether oxygens (including phenoxy) is 1. The van der Waals surface area contributed by atoms with E-state index in [0.29, 0.717) is 22.2 Å². The lowest BCUT2D eigenvalue weighted by Gasteiger charge is -2.12. The van der Waals surface area contributed by atoms with Gasteiger partial charge in [0, 0.05) is 18.3 Å². The molecule has 0 bridgehead atoms. The van der Waals surface area contributed by atoms with Crippen LogP contribution in [-0.4, -0.2) is 31.7 Å². The topological polar surface area (TPSA) is 86.1 Å². The minimum atomic E-state index is -0.394. The standard InChI is InChI=1S/C25H24N4O3S/c1-16(30)18-8-11-21(12-9-18)26-24(31)17(2)33-25-28-27-23(29(25)3)15-32-22-13-10-19-6-4-5-7-20(19)14-22/h4-14,17H,15H2,1-3H3,(H,26,31). The Kier molecular flexibility index (Phi) is 6.74. The van der Waals surface area contributed by atoms with Crippen molar-refractivity contribution in [1.29, 1.82) is 0 Å². The number of fused-ring (bicyclic) bond motifs is 1. The fraction of sp³-hybridized carbons (Fsp3) is 0.200. The van der Waals surface area contributed by atoms with Crippen LogP contribution in [-0.2, 0) is 18.4 Å². The first-order chi connectivity index (χ1) is 15.9. The fourth-order valence-electron chi connectivity index (χ4n) is 3.22. The first kappa shape index (κ1) is 22.5. The Hall–Kier alpha value is -3.65. The van der Waals surface area contributed by atoms with Crippen molar-refractivity contribution in [2.24, 2.45) is 7.05 Å². The predicted molar refractivity (Wildman–Crippen MR) is 130 cm³/mol. The minimum Gasteiger partial charge on any atom is -0.486 e. The quantitative estimate of drug-likeness (QED) is 0.298. The Balaban J connectivity index is 1.35. The highest BCUT2D eigenvalue weighted by molar-refractivity contribution is 8.00. The summed E-state index contributed by atoms with van der Waals surface area (Å²) < 4.78 is 7.75. The van der Waals surface area contributed by atoms with Gasteiger partial charge in [-0.05, 0) is 61.0 Å². The molecule has 1 atom stereocenters. The first-order valence-electron chi connectivity index (χ1n) is 10.5. The molecule has 1 unspecified atom stereocenters. The fourth-order valence-corrected chi connectivity index (χ4v) is 4.06. The number of thioether (sulfide) groups is 1. The molecule has 1 amide bonds. The Labute approximate surface area is 196 Å². The molecule has 0 radical (unpaired) electrons. The number of anilines is 1. The van der Waals surface area contributed by atoms with Crippen molar-refractivity contribution in [2.45, 2.75) is 30.9 Å². The molecular weight excluding hydrogens is 436 g/mol. The Bertz CT molecular complexity index is 1300. The summed E-state index contributed by atoms with van der Waals surface area (Å²) in [6.07, 6.45) is 0. The number of ketones is 1. The zero-order chi connectivity index (χ0) is 23.4. The number of nitrogens with zero attached hydrogens (tertiary/aromatic N) is 3. The number of hydrogen-bond acceptors (Lipinski definition) is 6. The van der Waals surface area contributed by atoms with Gasteiger partial charge in [0.15, 0.2) is 16.8 Å². The molecule has 168 valence electrons. The lowest BCUT2D eigenvalue weighted by molar-refractivity contribution is -0.115. The van der Waals surface area contributed by atoms with Crippen LogP contribution in [0.3, 0.4) is 0 Å². The van der Waals surface area contributed by atoms with E-state index in [1.54, 1.807) is 24.3 Å². The number of amides is 1. The Morgan fingerprint density at radius 2 is 1.76 bits per heavy atom. The maximum absolute atomic E-state index is 12.6. The Morgan fingerprint density at radius 1 is 1.03 bits per heavy atom. The predicted octanol–water partition coefficient (Wildman–Crippen LogP) is 4.87. The maximum Gasteiger partial charge on any atom is 0.237 e. The van der Waals surface area contributed by atoms with E-state index in [1.807, 2.05) is 54.9 Å². The lowest BCUT2D eigenvalue weighted by Crippen LogP contribution is -2.22. The van der Waals surface area contributed by atoms with Crippen molar-refractivity contribution >= 4 is 39.9 Å². The molecule has 8 heteroatoms. The van der Waals surface area contributed by atoms with Gasteiger partial charge in [-0.3, -0.25) is 9.59 Å². The second kappa shape index (κ2) is 9.87. The molecule has 4 rings (SSSR count). The van der Waals surface area contributed by atoms with Crippen LogP contribution in [0.25, 0.3) is 10.8 Å². The normalized spacial score (nSPS) is 11.8. The number of carbonyl (C=O) groups excluding carboxylic acids is 2. The monoisotopic (exact) mass is 460 g/mol. The van der Waals surface area contributed by atoms with Crippen LogP contribution in [0, 0.1) is 0 Å². The molecule has 0 fully saturated rings. The van der Waals surface area contributed by atoms with Gasteiger partial charge in [-0.15, -0.1) is 10.2 Å². The summed E-state index contributed by atoms with van der Waals surface area (Å²) in [5.74, 6) is 1.25. The molecule has 0 saturated heterocycles. The summed E-state index contributed by atoms with van der Waals surface area (Å²) in [6, 6.07) is 20.9. The highest BCUT2D eigenvalue weighted by atomic mass is 32.2. The zero-order valence-electron chi connectivity index (χ0n) is 18.6. The van der Waals surface area contributed by atoms with Crippen LogP contribution in [0.1, 0.15) is 30.0 Å². The molecule has 0 aliphatic heterocycles. The van der Waals surface area contributed by atoms with Gasteiger partial charge >= 0.3 is 0 Å². The highest BCUT2D eigenvalue weighted by Gasteiger charge is 2.19. The van der Waals surface area contributed by atoms with E-state index in [4.69, 9.17) is 4.74 Å². The largest absolute Gasteiger partial charge is 0.486 e. The number of hydrogen-bond donors (Lipinski definition) is 1. The Morgan fingerprint density at radius 3 is 2.48 bits per heavy atom. The van der Waals surface area contributed by atoms with E-state index in [9.17, 15) is 9.59 Å². The molecule has 1 aromatic heterocycles. The second-order valence-corrected chi connectivity index (χ2v) is 8.95. The summed E-state index contributed by atoms with van der Waals surface area (Å²) in [7, 11) is 1.85. The molecule has 0 spiro atoms. The molecule has 0 aliphatic rings. The van der Waals surface area contributed by atoms with Crippen LogP contribution in [0.15, 0.2) is 71.9 Å². The van der Waals surface area contributed by atoms with E-state index in [1.165, 1.54) is 18.7 Å². The van der Waals surface area contributed by atoms with Crippen LogP contribution < -0.4 is 10.1 Å². The van der Waals surface area contributed by atoms with Gasteiger partial charge in [0.05, 0.1) is 5.25 Å². The molecule has 33 heavy (non-hydrogen) atoms. The lowest BCUT2D eigenvalue weighted by atomic mass is 10.1. The third kappa shape index (κ3) is 5.40. The van der Waals surface area contributed by atoms with Gasteiger partial charge < -0.3 is 14.6 Å². The molecule has 4 aromatic rings. The summed E-state index contributed by atoms with van der Waals surface area (Å²) >= 11 is 1.32. The molecule has 1 heterocycles. The van der Waals surface area contributed by atoms with Gasteiger partial charge in [0.2, 0.25) is 5.91 Å². The molecule has 0 aliphatic carbocycles. The summed E-state index contributed by atoms with van der Waals surface area (Å²) in [5.41, 5.74) is 1.24. The first-order valence-corrected chi connectivity index (χ1v) is 11.4. The number of Topliss-reactive ketones (excluding diaryl/α,β-unsaturated/α-hetero) is 1. The number of rotatable bonds is 8. The third-order valence-electron chi connectivity index (χ3n) is 5.22. The number of nitrogens with one attached hydrogen (secondary N) is 1. The van der Waals surface area contributed by atoms with Crippen molar-refractivity contribution < 1.29 is 14.3 Å². The van der Waals surface area contributed by atoms with Crippen LogP contribution in [0.5, 0.6) is 5.75 Å². The zero-order valence-corrected chi connectivity index (χ0v) is 19.4. The van der Waals surface area contributed by atoms with Gasteiger partial charge in [-0.1, -0.05) is 42.1 Å².